The molecule has 0 aliphatic rings. The maximum atomic E-state index is 13.2. The van der Waals surface area contributed by atoms with Gasteiger partial charge in [-0.1, -0.05) is 12.2 Å². The van der Waals surface area contributed by atoms with Gasteiger partial charge in [-0.3, -0.25) is 0 Å². The summed E-state index contributed by atoms with van der Waals surface area (Å²) in [7, 11) is 0. The third-order valence-corrected chi connectivity index (χ3v) is 2.86. The van der Waals surface area contributed by atoms with E-state index in [-0.39, 0.29) is 10.3 Å². The van der Waals surface area contributed by atoms with Crippen LogP contribution in [0.1, 0.15) is 11.1 Å². The highest BCUT2D eigenvalue weighted by Gasteiger charge is 2.31. The molecule has 0 aliphatic carbocycles. The Labute approximate surface area is 111 Å². The first-order valence-corrected chi connectivity index (χ1v) is 5.76. The maximum Gasteiger partial charge on any atom is 0.416 e. The van der Waals surface area contributed by atoms with E-state index in [9.17, 15) is 17.6 Å². The van der Waals surface area contributed by atoms with Crippen molar-refractivity contribution in [3.8, 4) is 11.3 Å². The van der Waals surface area contributed by atoms with Gasteiger partial charge in [-0.05, 0) is 48.4 Å². The standard InChI is InChI=1S/C13H9F4NS/c1-7-4-8(2-3-10(7)14)11-5-9(13(15,16)17)6-12(19)18-11/h2-6H,1H3,(H,18,19). The van der Waals surface area contributed by atoms with Crippen molar-refractivity contribution >= 4 is 12.2 Å². The Kier molecular flexibility index (Phi) is 3.45. The topological polar surface area (TPSA) is 15.8 Å². The third-order valence-electron chi connectivity index (χ3n) is 2.64. The van der Waals surface area contributed by atoms with Gasteiger partial charge in [-0.25, -0.2) is 4.39 Å². The summed E-state index contributed by atoms with van der Waals surface area (Å²) < 4.78 is 51.2. The molecule has 1 aromatic carbocycles. The van der Waals surface area contributed by atoms with Gasteiger partial charge in [-0.2, -0.15) is 13.2 Å². The molecule has 6 heteroatoms. The lowest BCUT2D eigenvalue weighted by molar-refractivity contribution is -0.137. The lowest BCUT2D eigenvalue weighted by Gasteiger charge is -2.10. The van der Waals surface area contributed by atoms with E-state index in [4.69, 9.17) is 12.2 Å². The zero-order valence-corrected chi connectivity index (χ0v) is 10.6. The summed E-state index contributed by atoms with van der Waals surface area (Å²) in [5.41, 5.74) is 0.196. The van der Waals surface area contributed by atoms with Crippen molar-refractivity contribution in [3.63, 3.8) is 0 Å². The number of alkyl halides is 3. The number of aryl methyl sites for hydroxylation is 1. The largest absolute Gasteiger partial charge is 0.416 e. The molecule has 0 fully saturated rings. The second kappa shape index (κ2) is 4.77. The molecule has 1 heterocycles. The monoisotopic (exact) mass is 287 g/mol. The van der Waals surface area contributed by atoms with E-state index in [0.29, 0.717) is 11.1 Å². The molecule has 1 N–H and O–H groups in total. The van der Waals surface area contributed by atoms with Crippen LogP contribution < -0.4 is 0 Å². The lowest BCUT2D eigenvalue weighted by Crippen LogP contribution is -2.05. The molecule has 1 aromatic heterocycles. The predicted molar refractivity (Wildman–Crippen MR) is 66.8 cm³/mol. The molecule has 0 aliphatic heterocycles. The second-order valence-corrected chi connectivity index (χ2v) is 4.55. The third kappa shape index (κ3) is 3.01. The van der Waals surface area contributed by atoms with Gasteiger partial charge in [0.1, 0.15) is 10.5 Å². The van der Waals surface area contributed by atoms with E-state index < -0.39 is 17.6 Å². The first-order chi connectivity index (χ1) is 8.77. The Morgan fingerprint density at radius 2 is 1.79 bits per heavy atom. The van der Waals surface area contributed by atoms with Crippen molar-refractivity contribution in [1.29, 1.82) is 0 Å². The Balaban J connectivity index is 2.59. The summed E-state index contributed by atoms with van der Waals surface area (Å²) in [6, 6.07) is 5.90. The van der Waals surface area contributed by atoms with E-state index >= 15 is 0 Å². The highest BCUT2D eigenvalue weighted by atomic mass is 32.1. The Morgan fingerprint density at radius 3 is 2.37 bits per heavy atom. The minimum atomic E-state index is -4.47. The number of aromatic nitrogens is 1. The van der Waals surface area contributed by atoms with Crippen molar-refractivity contribution in [3.05, 3.63) is 51.9 Å². The number of nitrogens with one attached hydrogen (secondary N) is 1. The van der Waals surface area contributed by atoms with Crippen LogP contribution in [0.3, 0.4) is 0 Å². The van der Waals surface area contributed by atoms with Gasteiger partial charge < -0.3 is 4.98 Å². The van der Waals surface area contributed by atoms with Crippen LogP contribution >= 0.6 is 12.2 Å². The average molecular weight is 287 g/mol. The zero-order valence-electron chi connectivity index (χ0n) is 9.81. The molecule has 0 unspecified atom stereocenters. The summed E-state index contributed by atoms with van der Waals surface area (Å²) in [5.74, 6) is -0.408. The molecule has 0 amide bonds. The molecule has 0 saturated carbocycles. The molecule has 19 heavy (non-hydrogen) atoms. The average Bonchev–Trinajstić information content (AvgIpc) is 2.31. The maximum absolute atomic E-state index is 13.2. The van der Waals surface area contributed by atoms with Crippen LogP contribution in [0.2, 0.25) is 0 Å². The van der Waals surface area contributed by atoms with Gasteiger partial charge >= 0.3 is 6.18 Å². The SMILES string of the molecule is Cc1cc(-c2cc(C(F)(F)F)cc(=S)[nH]2)ccc1F. The quantitative estimate of drug-likeness (QED) is 0.584. The molecule has 1 nitrogen and oxygen atoms in total. The first-order valence-electron chi connectivity index (χ1n) is 5.35. The number of aromatic amines is 1. The fourth-order valence-electron chi connectivity index (χ4n) is 1.67. The molecule has 100 valence electrons. The molecular weight excluding hydrogens is 278 g/mol. The van der Waals surface area contributed by atoms with Gasteiger partial charge in [-0.15, -0.1) is 0 Å². The number of rotatable bonds is 1. The van der Waals surface area contributed by atoms with Crippen LogP contribution in [0.5, 0.6) is 0 Å². The fourth-order valence-corrected chi connectivity index (χ4v) is 1.91. The van der Waals surface area contributed by atoms with E-state index in [1.165, 1.54) is 18.2 Å². The molecule has 0 bridgehead atoms. The number of H-pyrrole nitrogens is 1. The molecule has 0 spiro atoms. The second-order valence-electron chi connectivity index (χ2n) is 4.11. The summed E-state index contributed by atoms with van der Waals surface area (Å²) in [5, 5.41) is 0. The van der Waals surface area contributed by atoms with E-state index in [2.05, 4.69) is 4.98 Å². The number of benzene rings is 1. The van der Waals surface area contributed by atoms with Crippen LogP contribution in [0.4, 0.5) is 17.6 Å². The van der Waals surface area contributed by atoms with E-state index in [1.807, 2.05) is 0 Å². The van der Waals surface area contributed by atoms with Crippen LogP contribution in [0.25, 0.3) is 11.3 Å². The van der Waals surface area contributed by atoms with Crippen LogP contribution in [-0.4, -0.2) is 4.98 Å². The minimum Gasteiger partial charge on any atom is -0.346 e. The summed E-state index contributed by atoms with van der Waals surface area (Å²) >= 11 is 4.78. The van der Waals surface area contributed by atoms with Crippen molar-refractivity contribution in [1.82, 2.24) is 4.98 Å². The zero-order chi connectivity index (χ0) is 14.2. The lowest BCUT2D eigenvalue weighted by atomic mass is 10.1. The molecule has 0 radical (unpaired) electrons. The summed E-state index contributed by atoms with van der Waals surface area (Å²) in [4.78, 5) is 2.68. The number of hydrogen-bond acceptors (Lipinski definition) is 1. The van der Waals surface area contributed by atoms with Gasteiger partial charge in [0.15, 0.2) is 0 Å². The van der Waals surface area contributed by atoms with Crippen molar-refractivity contribution < 1.29 is 17.6 Å². The first kappa shape index (κ1) is 13.7. The normalized spacial score (nSPS) is 11.6. The van der Waals surface area contributed by atoms with Crippen molar-refractivity contribution in [2.24, 2.45) is 0 Å². The van der Waals surface area contributed by atoms with E-state index in [0.717, 1.165) is 12.1 Å². The number of hydrogen-bond donors (Lipinski definition) is 1. The van der Waals surface area contributed by atoms with Crippen LogP contribution in [0.15, 0.2) is 30.3 Å². The van der Waals surface area contributed by atoms with E-state index in [1.54, 1.807) is 6.92 Å². The molecular formula is C13H9F4NS. The molecule has 2 aromatic rings. The molecule has 0 saturated heterocycles. The highest BCUT2D eigenvalue weighted by molar-refractivity contribution is 7.71. The number of pyridine rings is 1. The Bertz CT molecular complexity index is 673. The summed E-state index contributed by atoms with van der Waals surface area (Å²) in [6.45, 7) is 1.54. The Hall–Kier alpha value is -1.69. The molecule has 0 atom stereocenters. The fraction of sp³-hybridized carbons (Fsp3) is 0.154. The summed E-state index contributed by atoms with van der Waals surface area (Å²) in [6.07, 6.45) is -4.47. The van der Waals surface area contributed by atoms with Gasteiger partial charge in [0.05, 0.1) is 5.56 Å². The van der Waals surface area contributed by atoms with Crippen molar-refractivity contribution in [2.45, 2.75) is 13.1 Å². The number of halogens is 4. The minimum absolute atomic E-state index is 0.0215. The molecule has 2 rings (SSSR count). The van der Waals surface area contributed by atoms with Gasteiger partial charge in [0.2, 0.25) is 0 Å². The Morgan fingerprint density at radius 1 is 1.11 bits per heavy atom. The smallest absolute Gasteiger partial charge is 0.346 e. The van der Waals surface area contributed by atoms with Crippen LogP contribution in [-0.2, 0) is 6.18 Å². The van der Waals surface area contributed by atoms with Crippen molar-refractivity contribution in [2.75, 3.05) is 0 Å². The highest BCUT2D eigenvalue weighted by Crippen LogP contribution is 2.31. The van der Waals surface area contributed by atoms with Gasteiger partial charge in [0, 0.05) is 5.69 Å². The predicted octanol–water partition coefficient (Wildman–Crippen LogP) is 4.88. The van der Waals surface area contributed by atoms with Gasteiger partial charge in [0.25, 0.3) is 0 Å². The van der Waals surface area contributed by atoms with Crippen LogP contribution in [0, 0.1) is 17.4 Å².